The van der Waals surface area contributed by atoms with Crippen molar-refractivity contribution in [3.63, 3.8) is 0 Å². The molecule has 0 radical (unpaired) electrons. The molecule has 1 aromatic heterocycles. The van der Waals surface area contributed by atoms with Gasteiger partial charge in [0.15, 0.2) is 5.75 Å². The molecule has 0 atom stereocenters. The second-order valence-corrected chi connectivity index (χ2v) is 6.35. The van der Waals surface area contributed by atoms with Crippen molar-refractivity contribution >= 4 is 17.3 Å². The molecule has 0 bridgehead atoms. The number of rotatable bonds is 6. The number of methoxy groups -OCH3 is 1. The van der Waals surface area contributed by atoms with Crippen LogP contribution in [0.15, 0.2) is 54.6 Å². The minimum Gasteiger partial charge on any atom is -0.479 e. The van der Waals surface area contributed by atoms with Crippen LogP contribution in [0, 0.1) is 11.3 Å². The molecule has 0 spiro atoms. The highest BCUT2D eigenvalue weighted by molar-refractivity contribution is 6.30. The number of nitrogens with two attached hydrogens (primary N) is 1. The fraction of sp³-hybridized carbons (Fsp3) is 0.143. The predicted octanol–water partition coefficient (Wildman–Crippen LogP) is 4.77. The van der Waals surface area contributed by atoms with Gasteiger partial charge in [0.1, 0.15) is 11.4 Å². The van der Waals surface area contributed by atoms with Crippen LogP contribution in [0.4, 0.5) is 5.69 Å². The zero-order valence-corrected chi connectivity index (χ0v) is 15.5. The van der Waals surface area contributed by atoms with E-state index in [0.29, 0.717) is 40.1 Å². The molecule has 2 N–H and O–H groups in total. The van der Waals surface area contributed by atoms with Crippen molar-refractivity contribution in [1.82, 2.24) is 4.98 Å². The number of pyridine rings is 1. The van der Waals surface area contributed by atoms with E-state index in [1.807, 2.05) is 24.3 Å². The summed E-state index contributed by atoms with van der Waals surface area (Å²) >= 11 is 6.04. The van der Waals surface area contributed by atoms with Crippen molar-refractivity contribution < 1.29 is 9.47 Å². The van der Waals surface area contributed by atoms with Crippen LogP contribution in [0.25, 0.3) is 0 Å². The first-order valence-electron chi connectivity index (χ1n) is 8.35. The third kappa shape index (κ3) is 4.69. The largest absolute Gasteiger partial charge is 0.479 e. The highest BCUT2D eigenvalue weighted by atomic mass is 35.5. The van der Waals surface area contributed by atoms with Crippen LogP contribution in [-0.2, 0) is 12.8 Å². The lowest BCUT2D eigenvalue weighted by molar-refractivity contribution is 0.393. The van der Waals surface area contributed by atoms with Crippen molar-refractivity contribution in [3.05, 3.63) is 76.4 Å². The van der Waals surface area contributed by atoms with Crippen molar-refractivity contribution in [2.75, 3.05) is 12.8 Å². The number of hydrogen-bond donors (Lipinski definition) is 1. The number of aryl methyl sites for hydroxylation is 2. The molecule has 136 valence electrons. The van der Waals surface area contributed by atoms with Crippen molar-refractivity contribution in [3.8, 4) is 23.4 Å². The normalized spacial score (nSPS) is 10.3. The van der Waals surface area contributed by atoms with Gasteiger partial charge in [0.25, 0.3) is 0 Å². The summed E-state index contributed by atoms with van der Waals surface area (Å²) in [7, 11) is 1.51. The fourth-order valence-corrected chi connectivity index (χ4v) is 2.88. The zero-order chi connectivity index (χ0) is 19.2. The molecule has 27 heavy (non-hydrogen) atoms. The minimum atomic E-state index is 0.291. The van der Waals surface area contributed by atoms with E-state index in [4.69, 9.17) is 32.1 Å². The molecule has 0 fully saturated rings. The maximum Gasteiger partial charge on any atom is 0.241 e. The molecule has 0 saturated heterocycles. The SMILES string of the molecule is COc1nc(CCc2ccccc2)cc(Oc2cc(Cl)cc(C#N)c2)c1N. The summed E-state index contributed by atoms with van der Waals surface area (Å²) in [5.41, 5.74) is 8.82. The van der Waals surface area contributed by atoms with Crippen LogP contribution in [-0.4, -0.2) is 12.1 Å². The first-order valence-corrected chi connectivity index (χ1v) is 8.72. The molecule has 3 aromatic rings. The third-order valence-electron chi connectivity index (χ3n) is 3.97. The van der Waals surface area contributed by atoms with E-state index in [1.54, 1.807) is 24.3 Å². The molecule has 0 unspecified atom stereocenters. The quantitative estimate of drug-likeness (QED) is 0.666. The molecular weight excluding hydrogens is 362 g/mol. The van der Waals surface area contributed by atoms with Gasteiger partial charge in [-0.15, -0.1) is 0 Å². The number of anilines is 1. The Morgan fingerprint density at radius 1 is 1.11 bits per heavy atom. The molecule has 5 nitrogen and oxygen atoms in total. The Morgan fingerprint density at radius 3 is 2.59 bits per heavy atom. The van der Waals surface area contributed by atoms with Crippen LogP contribution in [0.2, 0.25) is 5.02 Å². The van der Waals surface area contributed by atoms with E-state index in [2.05, 4.69) is 17.1 Å². The standard InChI is InChI=1S/C21H18ClN3O2/c1-26-21-20(24)19(27-18-10-15(13-23)9-16(22)11-18)12-17(25-21)8-7-14-5-3-2-4-6-14/h2-6,9-12H,7-8,24H2,1H3. The molecule has 0 aliphatic rings. The molecule has 3 rings (SSSR count). The van der Waals surface area contributed by atoms with Gasteiger partial charge in [-0.1, -0.05) is 41.9 Å². The Labute approximate surface area is 162 Å². The van der Waals surface area contributed by atoms with Crippen LogP contribution in [0.1, 0.15) is 16.8 Å². The molecule has 0 aliphatic heterocycles. The zero-order valence-electron chi connectivity index (χ0n) is 14.8. The number of halogens is 1. The summed E-state index contributed by atoms with van der Waals surface area (Å²) in [6.07, 6.45) is 1.53. The average Bonchev–Trinajstić information content (AvgIpc) is 2.68. The third-order valence-corrected chi connectivity index (χ3v) is 4.19. The summed E-state index contributed by atoms with van der Waals surface area (Å²) in [6.45, 7) is 0. The van der Waals surface area contributed by atoms with Gasteiger partial charge in [-0.2, -0.15) is 5.26 Å². The lowest BCUT2D eigenvalue weighted by atomic mass is 10.1. The van der Waals surface area contributed by atoms with E-state index in [1.165, 1.54) is 12.7 Å². The smallest absolute Gasteiger partial charge is 0.241 e. The average molecular weight is 380 g/mol. The maximum absolute atomic E-state index is 9.09. The van der Waals surface area contributed by atoms with Gasteiger partial charge in [-0.05, 0) is 36.6 Å². The molecule has 6 heteroatoms. The first kappa shape index (κ1) is 18.6. The van der Waals surface area contributed by atoms with Gasteiger partial charge >= 0.3 is 0 Å². The van der Waals surface area contributed by atoms with E-state index in [9.17, 15) is 0 Å². The van der Waals surface area contributed by atoms with Gasteiger partial charge < -0.3 is 15.2 Å². The Balaban J connectivity index is 1.88. The first-order chi connectivity index (χ1) is 13.1. The number of benzene rings is 2. The van der Waals surface area contributed by atoms with Crippen LogP contribution in [0.5, 0.6) is 17.4 Å². The minimum absolute atomic E-state index is 0.291. The molecule has 2 aromatic carbocycles. The van der Waals surface area contributed by atoms with Gasteiger partial charge in [0.2, 0.25) is 5.88 Å². The molecule has 0 saturated carbocycles. The summed E-state index contributed by atoms with van der Waals surface area (Å²) in [6, 6.07) is 18.8. The Morgan fingerprint density at radius 2 is 1.89 bits per heavy atom. The number of aromatic nitrogens is 1. The summed E-state index contributed by atoms with van der Waals surface area (Å²) in [4.78, 5) is 4.45. The number of nitrogen functional groups attached to an aromatic ring is 1. The van der Waals surface area contributed by atoms with E-state index in [-0.39, 0.29) is 0 Å². The summed E-state index contributed by atoms with van der Waals surface area (Å²) in [5.74, 6) is 1.14. The Bertz CT molecular complexity index is 985. The van der Waals surface area contributed by atoms with E-state index >= 15 is 0 Å². The van der Waals surface area contributed by atoms with Crippen LogP contribution < -0.4 is 15.2 Å². The maximum atomic E-state index is 9.09. The highest BCUT2D eigenvalue weighted by Crippen LogP contribution is 2.35. The predicted molar refractivity (Wildman–Crippen MR) is 105 cm³/mol. The number of hydrogen-bond acceptors (Lipinski definition) is 5. The van der Waals surface area contributed by atoms with Crippen molar-refractivity contribution in [1.29, 1.82) is 5.26 Å². The summed E-state index contributed by atoms with van der Waals surface area (Å²) < 4.78 is 11.2. The van der Waals surface area contributed by atoms with Gasteiger partial charge in [-0.25, -0.2) is 4.98 Å². The van der Waals surface area contributed by atoms with Crippen molar-refractivity contribution in [2.24, 2.45) is 0 Å². The topological polar surface area (TPSA) is 81.2 Å². The van der Waals surface area contributed by atoms with Crippen molar-refractivity contribution in [2.45, 2.75) is 12.8 Å². The second-order valence-electron chi connectivity index (χ2n) is 5.91. The molecule has 0 aliphatic carbocycles. The molecule has 0 amide bonds. The van der Waals surface area contributed by atoms with Gasteiger partial charge in [-0.3, -0.25) is 0 Å². The lowest BCUT2D eigenvalue weighted by Crippen LogP contribution is -2.03. The molecule has 1 heterocycles. The Kier molecular flexibility index (Phi) is 5.80. The van der Waals surface area contributed by atoms with Crippen LogP contribution >= 0.6 is 11.6 Å². The van der Waals surface area contributed by atoms with E-state index in [0.717, 1.165) is 12.1 Å². The fourth-order valence-electron chi connectivity index (χ4n) is 2.66. The monoisotopic (exact) mass is 379 g/mol. The highest BCUT2D eigenvalue weighted by Gasteiger charge is 2.14. The molecular formula is C21H18ClN3O2. The lowest BCUT2D eigenvalue weighted by Gasteiger charge is -2.13. The van der Waals surface area contributed by atoms with Gasteiger partial charge in [0.05, 0.1) is 18.7 Å². The Hall–Kier alpha value is -3.23. The van der Waals surface area contributed by atoms with Crippen LogP contribution in [0.3, 0.4) is 0 Å². The number of nitriles is 1. The number of nitrogens with zero attached hydrogens (tertiary/aromatic N) is 2. The number of ether oxygens (including phenoxy) is 2. The summed E-state index contributed by atoms with van der Waals surface area (Å²) in [5, 5.41) is 9.50. The second kappa shape index (κ2) is 8.43. The van der Waals surface area contributed by atoms with E-state index < -0.39 is 0 Å². The van der Waals surface area contributed by atoms with Gasteiger partial charge in [0, 0.05) is 16.8 Å².